The first-order valence-electron chi connectivity index (χ1n) is 7.10. The van der Waals surface area contributed by atoms with E-state index in [4.69, 9.17) is 0 Å². The van der Waals surface area contributed by atoms with Crippen molar-refractivity contribution in [1.29, 1.82) is 0 Å². The summed E-state index contributed by atoms with van der Waals surface area (Å²) in [4.78, 5) is 17.2. The second-order valence-corrected chi connectivity index (χ2v) is 7.32. The van der Waals surface area contributed by atoms with Gasteiger partial charge in [-0.25, -0.2) is 4.98 Å². The van der Waals surface area contributed by atoms with Gasteiger partial charge >= 0.3 is 0 Å². The first kappa shape index (κ1) is 14.7. The molecule has 0 atom stereocenters. The zero-order valence-electron chi connectivity index (χ0n) is 11.9. The lowest BCUT2D eigenvalue weighted by molar-refractivity contribution is 0.0898. The molecule has 3 nitrogen and oxygen atoms in total. The highest BCUT2D eigenvalue weighted by atomic mass is 79.9. The monoisotopic (exact) mass is 364 g/mol. The standard InChI is InChI=1S/C16H17BrN2OS/c1-11-10-21-15(18-11)16(8-2-3-9-16)19-14(20)12-4-6-13(17)7-5-12/h4-7,10H,2-3,8-9H2,1H3,(H,19,20). The Morgan fingerprint density at radius 3 is 2.52 bits per heavy atom. The van der Waals surface area contributed by atoms with E-state index < -0.39 is 0 Å². The Morgan fingerprint density at radius 1 is 1.29 bits per heavy atom. The fourth-order valence-electron chi connectivity index (χ4n) is 2.84. The van der Waals surface area contributed by atoms with Crippen LogP contribution in [0.5, 0.6) is 0 Å². The van der Waals surface area contributed by atoms with Crippen molar-refractivity contribution in [2.75, 3.05) is 0 Å². The minimum absolute atomic E-state index is 0.0164. The molecule has 0 radical (unpaired) electrons. The number of aromatic nitrogens is 1. The Balaban J connectivity index is 1.85. The fraction of sp³-hybridized carbons (Fsp3) is 0.375. The van der Waals surface area contributed by atoms with E-state index >= 15 is 0 Å². The second kappa shape index (κ2) is 5.89. The van der Waals surface area contributed by atoms with Crippen molar-refractivity contribution >= 4 is 33.2 Å². The van der Waals surface area contributed by atoms with E-state index in [2.05, 4.69) is 31.6 Å². The smallest absolute Gasteiger partial charge is 0.252 e. The van der Waals surface area contributed by atoms with Crippen molar-refractivity contribution in [2.45, 2.75) is 38.1 Å². The van der Waals surface area contributed by atoms with Gasteiger partial charge in [-0.1, -0.05) is 28.8 Å². The van der Waals surface area contributed by atoms with Gasteiger partial charge in [-0.2, -0.15) is 0 Å². The van der Waals surface area contributed by atoms with Gasteiger partial charge in [0.25, 0.3) is 5.91 Å². The molecule has 1 saturated carbocycles. The number of halogens is 1. The molecule has 2 aromatic rings. The average molecular weight is 365 g/mol. The van der Waals surface area contributed by atoms with Crippen molar-refractivity contribution in [3.05, 3.63) is 50.4 Å². The number of benzene rings is 1. The molecule has 3 rings (SSSR count). The molecular weight excluding hydrogens is 348 g/mol. The van der Waals surface area contributed by atoms with Crippen LogP contribution in [-0.2, 0) is 5.54 Å². The quantitative estimate of drug-likeness (QED) is 0.875. The third kappa shape index (κ3) is 3.04. The molecule has 110 valence electrons. The number of rotatable bonds is 3. The predicted octanol–water partition coefficient (Wildman–Crippen LogP) is 4.41. The van der Waals surface area contributed by atoms with Crippen LogP contribution >= 0.6 is 27.3 Å². The number of nitrogens with one attached hydrogen (secondary N) is 1. The molecular formula is C16H17BrN2OS. The van der Waals surface area contributed by atoms with Crippen LogP contribution in [0.25, 0.3) is 0 Å². The van der Waals surface area contributed by atoms with Gasteiger partial charge in [0.1, 0.15) is 5.01 Å². The van der Waals surface area contributed by atoms with E-state index in [1.54, 1.807) is 11.3 Å². The van der Waals surface area contributed by atoms with Gasteiger partial charge in [0.15, 0.2) is 0 Å². The molecule has 0 spiro atoms. The first-order chi connectivity index (χ1) is 10.1. The lowest BCUT2D eigenvalue weighted by Gasteiger charge is -2.28. The number of hydrogen-bond acceptors (Lipinski definition) is 3. The van der Waals surface area contributed by atoms with Crippen molar-refractivity contribution in [1.82, 2.24) is 10.3 Å². The van der Waals surface area contributed by atoms with Gasteiger partial charge < -0.3 is 5.32 Å². The van der Waals surface area contributed by atoms with Crippen LogP contribution < -0.4 is 5.32 Å². The van der Waals surface area contributed by atoms with Gasteiger partial charge in [0, 0.05) is 21.1 Å². The molecule has 0 saturated heterocycles. The molecule has 21 heavy (non-hydrogen) atoms. The van der Waals surface area contributed by atoms with Crippen molar-refractivity contribution in [2.24, 2.45) is 0 Å². The van der Waals surface area contributed by atoms with Gasteiger partial charge in [-0.05, 0) is 44.0 Å². The Kier molecular flexibility index (Phi) is 4.13. The van der Waals surface area contributed by atoms with Crippen molar-refractivity contribution in [3.8, 4) is 0 Å². The topological polar surface area (TPSA) is 42.0 Å². The SMILES string of the molecule is Cc1csc(C2(NC(=O)c3ccc(Br)cc3)CCCC2)n1. The zero-order valence-corrected chi connectivity index (χ0v) is 14.3. The molecule has 1 amide bonds. The largest absolute Gasteiger partial charge is 0.340 e. The van der Waals surface area contributed by atoms with Gasteiger partial charge in [0.05, 0.1) is 5.54 Å². The Bertz CT molecular complexity index is 645. The molecule has 0 bridgehead atoms. The summed E-state index contributed by atoms with van der Waals surface area (Å²) in [6.45, 7) is 2.00. The normalized spacial score (nSPS) is 16.9. The molecule has 1 aromatic heterocycles. The molecule has 5 heteroatoms. The third-order valence-corrected chi connectivity index (χ3v) is 5.64. The fourth-order valence-corrected chi connectivity index (χ4v) is 4.11. The molecule has 1 heterocycles. The van der Waals surface area contributed by atoms with E-state index in [9.17, 15) is 4.79 Å². The van der Waals surface area contributed by atoms with Crippen LogP contribution in [0.1, 0.15) is 46.7 Å². The van der Waals surface area contributed by atoms with Gasteiger partial charge in [0.2, 0.25) is 0 Å². The second-order valence-electron chi connectivity index (χ2n) is 5.54. The molecule has 0 aliphatic heterocycles. The number of thiazole rings is 1. The van der Waals surface area contributed by atoms with E-state index in [1.165, 1.54) is 0 Å². The predicted molar refractivity (Wildman–Crippen MR) is 88.6 cm³/mol. The van der Waals surface area contributed by atoms with E-state index in [1.807, 2.05) is 31.2 Å². The lowest BCUT2D eigenvalue weighted by Crippen LogP contribution is -2.43. The minimum Gasteiger partial charge on any atom is -0.340 e. The number of carbonyl (C=O) groups excluding carboxylic acids is 1. The maximum absolute atomic E-state index is 12.5. The number of nitrogens with zero attached hydrogens (tertiary/aromatic N) is 1. The molecule has 1 aliphatic rings. The lowest BCUT2D eigenvalue weighted by atomic mass is 9.97. The highest BCUT2D eigenvalue weighted by Gasteiger charge is 2.39. The molecule has 1 fully saturated rings. The van der Waals surface area contributed by atoms with Crippen LogP contribution in [0.15, 0.2) is 34.1 Å². The zero-order chi connectivity index (χ0) is 14.9. The van der Waals surface area contributed by atoms with Crippen LogP contribution in [0.4, 0.5) is 0 Å². The summed E-state index contributed by atoms with van der Waals surface area (Å²) in [6, 6.07) is 7.47. The number of hydrogen-bond donors (Lipinski definition) is 1. The molecule has 1 N–H and O–H groups in total. The summed E-state index contributed by atoms with van der Waals surface area (Å²) in [5.41, 5.74) is 1.44. The van der Waals surface area contributed by atoms with E-state index in [0.717, 1.165) is 40.9 Å². The van der Waals surface area contributed by atoms with Gasteiger partial charge in [-0.3, -0.25) is 4.79 Å². The summed E-state index contributed by atoms with van der Waals surface area (Å²) in [6.07, 6.45) is 4.23. The number of aryl methyl sites for hydroxylation is 1. The van der Waals surface area contributed by atoms with Crippen molar-refractivity contribution in [3.63, 3.8) is 0 Å². The van der Waals surface area contributed by atoms with Crippen LogP contribution in [-0.4, -0.2) is 10.9 Å². The Hall–Kier alpha value is -1.20. The molecule has 1 aliphatic carbocycles. The maximum Gasteiger partial charge on any atom is 0.252 e. The highest BCUT2D eigenvalue weighted by molar-refractivity contribution is 9.10. The average Bonchev–Trinajstić information content (AvgIpc) is 3.09. The summed E-state index contributed by atoms with van der Waals surface area (Å²) in [7, 11) is 0. The van der Waals surface area contributed by atoms with E-state index in [-0.39, 0.29) is 11.4 Å². The first-order valence-corrected chi connectivity index (χ1v) is 8.77. The third-order valence-electron chi connectivity index (χ3n) is 3.94. The van der Waals surface area contributed by atoms with Gasteiger partial charge in [-0.15, -0.1) is 11.3 Å². The number of amides is 1. The Labute approximate surface area is 136 Å². The molecule has 0 unspecified atom stereocenters. The number of carbonyl (C=O) groups is 1. The summed E-state index contributed by atoms with van der Waals surface area (Å²) >= 11 is 5.04. The highest BCUT2D eigenvalue weighted by Crippen LogP contribution is 2.40. The van der Waals surface area contributed by atoms with Crippen LogP contribution in [0.2, 0.25) is 0 Å². The van der Waals surface area contributed by atoms with Crippen LogP contribution in [0.3, 0.4) is 0 Å². The van der Waals surface area contributed by atoms with E-state index in [0.29, 0.717) is 5.56 Å². The molecule has 1 aromatic carbocycles. The Morgan fingerprint density at radius 2 is 1.95 bits per heavy atom. The summed E-state index contributed by atoms with van der Waals surface area (Å²) < 4.78 is 0.977. The summed E-state index contributed by atoms with van der Waals surface area (Å²) in [5.74, 6) is -0.0164. The van der Waals surface area contributed by atoms with Crippen molar-refractivity contribution < 1.29 is 4.79 Å². The minimum atomic E-state index is -0.275. The van der Waals surface area contributed by atoms with Crippen LogP contribution in [0, 0.1) is 6.92 Å². The summed E-state index contributed by atoms with van der Waals surface area (Å²) in [5, 5.41) is 6.35. The maximum atomic E-state index is 12.5.